The lowest BCUT2D eigenvalue weighted by molar-refractivity contribution is 0.378. The number of nitrogens with one attached hydrogen (secondary N) is 1. The van der Waals surface area contributed by atoms with E-state index in [0.29, 0.717) is 0 Å². The molecule has 0 aliphatic heterocycles. The standard InChI is InChI=1S/C13H22N2/c14-8-2-1-3-9-15-10-13(11-4-5-11)12-6-7-12/h11-13,15H,1-7,9-10H2. The number of unbranched alkanes of at least 4 members (excludes halogenated alkanes) is 2. The van der Waals surface area contributed by atoms with Gasteiger partial charge in [-0.25, -0.2) is 0 Å². The van der Waals surface area contributed by atoms with Crippen molar-refractivity contribution in [2.24, 2.45) is 17.8 Å². The summed E-state index contributed by atoms with van der Waals surface area (Å²) in [5, 5.41) is 12.0. The number of hydrogen-bond donors (Lipinski definition) is 1. The first-order valence-corrected chi connectivity index (χ1v) is 6.49. The maximum absolute atomic E-state index is 8.40. The molecule has 15 heavy (non-hydrogen) atoms. The lowest BCUT2D eigenvalue weighted by Gasteiger charge is -2.15. The summed E-state index contributed by atoms with van der Waals surface area (Å²) in [4.78, 5) is 0. The van der Waals surface area contributed by atoms with E-state index >= 15 is 0 Å². The molecule has 2 saturated carbocycles. The van der Waals surface area contributed by atoms with Crippen molar-refractivity contribution >= 4 is 0 Å². The van der Waals surface area contributed by atoms with Gasteiger partial charge in [0.15, 0.2) is 0 Å². The Morgan fingerprint density at radius 3 is 2.33 bits per heavy atom. The summed E-state index contributed by atoms with van der Waals surface area (Å²) in [5.74, 6) is 3.11. The maximum atomic E-state index is 8.40. The zero-order valence-electron chi connectivity index (χ0n) is 9.54. The van der Waals surface area contributed by atoms with Crippen LogP contribution in [-0.4, -0.2) is 13.1 Å². The van der Waals surface area contributed by atoms with Gasteiger partial charge in [-0.05, 0) is 69.4 Å². The Morgan fingerprint density at radius 2 is 1.80 bits per heavy atom. The van der Waals surface area contributed by atoms with E-state index < -0.39 is 0 Å². The summed E-state index contributed by atoms with van der Waals surface area (Å²) in [6, 6.07) is 2.20. The molecule has 0 unspecified atom stereocenters. The Bertz CT molecular complexity index is 211. The second-order valence-corrected chi connectivity index (χ2v) is 5.16. The molecule has 2 fully saturated rings. The molecule has 1 N–H and O–H groups in total. The van der Waals surface area contributed by atoms with Crippen LogP contribution in [0.1, 0.15) is 44.9 Å². The highest BCUT2D eigenvalue weighted by Crippen LogP contribution is 2.48. The van der Waals surface area contributed by atoms with Crippen LogP contribution in [0.15, 0.2) is 0 Å². The quantitative estimate of drug-likeness (QED) is 0.620. The largest absolute Gasteiger partial charge is 0.316 e. The van der Waals surface area contributed by atoms with Crippen molar-refractivity contribution in [3.8, 4) is 6.07 Å². The van der Waals surface area contributed by atoms with Gasteiger partial charge in [-0.15, -0.1) is 0 Å². The molecule has 0 spiro atoms. The molecule has 2 heteroatoms. The minimum absolute atomic E-state index is 0.719. The van der Waals surface area contributed by atoms with E-state index in [2.05, 4.69) is 11.4 Å². The average Bonchev–Trinajstić information content (AvgIpc) is 3.09. The fraction of sp³-hybridized carbons (Fsp3) is 0.923. The van der Waals surface area contributed by atoms with Crippen LogP contribution in [0.4, 0.5) is 0 Å². The number of rotatable bonds is 8. The molecule has 0 bridgehead atoms. The lowest BCUT2D eigenvalue weighted by atomic mass is 9.98. The molecular weight excluding hydrogens is 184 g/mol. The van der Waals surface area contributed by atoms with Gasteiger partial charge in [0.2, 0.25) is 0 Å². The summed E-state index contributed by atoms with van der Waals surface area (Å²) < 4.78 is 0. The second kappa shape index (κ2) is 5.51. The first-order valence-electron chi connectivity index (χ1n) is 6.49. The highest BCUT2D eigenvalue weighted by molar-refractivity contribution is 4.92. The van der Waals surface area contributed by atoms with Crippen LogP contribution >= 0.6 is 0 Å². The number of nitrogens with zero attached hydrogens (tertiary/aromatic N) is 1. The number of nitriles is 1. The predicted octanol–water partition coefficient (Wildman–Crippen LogP) is 2.71. The molecule has 2 aliphatic rings. The van der Waals surface area contributed by atoms with E-state index in [9.17, 15) is 0 Å². The molecule has 2 rings (SSSR count). The fourth-order valence-electron chi connectivity index (χ4n) is 2.49. The highest BCUT2D eigenvalue weighted by atomic mass is 14.9. The van der Waals surface area contributed by atoms with Gasteiger partial charge in [0.25, 0.3) is 0 Å². The molecule has 2 aliphatic carbocycles. The molecule has 0 atom stereocenters. The monoisotopic (exact) mass is 206 g/mol. The molecular formula is C13H22N2. The van der Waals surface area contributed by atoms with E-state index in [1.807, 2.05) is 0 Å². The van der Waals surface area contributed by atoms with E-state index in [4.69, 9.17) is 5.26 Å². The third kappa shape index (κ3) is 3.83. The molecule has 0 aromatic carbocycles. The van der Waals surface area contributed by atoms with Gasteiger partial charge in [0, 0.05) is 6.42 Å². The van der Waals surface area contributed by atoms with Gasteiger partial charge in [0.05, 0.1) is 6.07 Å². The van der Waals surface area contributed by atoms with Crippen LogP contribution in [0.5, 0.6) is 0 Å². The minimum Gasteiger partial charge on any atom is -0.316 e. The van der Waals surface area contributed by atoms with Gasteiger partial charge in [-0.1, -0.05) is 0 Å². The van der Waals surface area contributed by atoms with Crippen LogP contribution in [0.3, 0.4) is 0 Å². The summed E-state index contributed by atoms with van der Waals surface area (Å²) in [5.41, 5.74) is 0. The zero-order valence-corrected chi connectivity index (χ0v) is 9.54. The van der Waals surface area contributed by atoms with Gasteiger partial charge >= 0.3 is 0 Å². The minimum atomic E-state index is 0.719. The smallest absolute Gasteiger partial charge is 0.0621 e. The summed E-state index contributed by atoms with van der Waals surface area (Å²) >= 11 is 0. The van der Waals surface area contributed by atoms with Crippen molar-refractivity contribution in [3.05, 3.63) is 0 Å². The molecule has 0 radical (unpaired) electrons. The van der Waals surface area contributed by atoms with Gasteiger partial charge in [-0.3, -0.25) is 0 Å². The van der Waals surface area contributed by atoms with Gasteiger partial charge in [0.1, 0.15) is 0 Å². The van der Waals surface area contributed by atoms with Crippen molar-refractivity contribution in [1.29, 1.82) is 5.26 Å². The van der Waals surface area contributed by atoms with Crippen molar-refractivity contribution in [3.63, 3.8) is 0 Å². The Hall–Kier alpha value is -0.550. The van der Waals surface area contributed by atoms with E-state index in [-0.39, 0.29) is 0 Å². The molecule has 0 aromatic heterocycles. The van der Waals surface area contributed by atoms with Crippen LogP contribution in [0.25, 0.3) is 0 Å². The Kier molecular flexibility index (Phi) is 4.02. The Balaban J connectivity index is 1.50. The van der Waals surface area contributed by atoms with Gasteiger partial charge in [-0.2, -0.15) is 5.26 Å². The van der Waals surface area contributed by atoms with Crippen LogP contribution in [0, 0.1) is 29.1 Å². The first kappa shape index (κ1) is 11.0. The van der Waals surface area contributed by atoms with Crippen LogP contribution < -0.4 is 5.32 Å². The van der Waals surface area contributed by atoms with Crippen molar-refractivity contribution in [2.75, 3.05) is 13.1 Å². The predicted molar refractivity (Wildman–Crippen MR) is 61.3 cm³/mol. The molecule has 2 nitrogen and oxygen atoms in total. The third-order valence-electron chi connectivity index (χ3n) is 3.73. The molecule has 0 saturated heterocycles. The van der Waals surface area contributed by atoms with E-state index in [0.717, 1.165) is 43.6 Å². The van der Waals surface area contributed by atoms with E-state index in [1.54, 1.807) is 0 Å². The Labute approximate surface area is 93.0 Å². The van der Waals surface area contributed by atoms with Crippen molar-refractivity contribution in [1.82, 2.24) is 5.32 Å². The molecule has 0 heterocycles. The van der Waals surface area contributed by atoms with E-state index in [1.165, 1.54) is 32.2 Å². The van der Waals surface area contributed by atoms with Crippen LogP contribution in [0.2, 0.25) is 0 Å². The Morgan fingerprint density at radius 1 is 1.13 bits per heavy atom. The van der Waals surface area contributed by atoms with Gasteiger partial charge < -0.3 is 5.32 Å². The fourth-order valence-corrected chi connectivity index (χ4v) is 2.49. The molecule has 0 amide bonds. The van der Waals surface area contributed by atoms with Crippen molar-refractivity contribution in [2.45, 2.75) is 44.9 Å². The molecule has 0 aromatic rings. The third-order valence-corrected chi connectivity index (χ3v) is 3.73. The van der Waals surface area contributed by atoms with Crippen molar-refractivity contribution < 1.29 is 0 Å². The normalized spacial score (nSPS) is 20.5. The summed E-state index contributed by atoms with van der Waals surface area (Å²) in [6.07, 6.45) is 8.87. The topological polar surface area (TPSA) is 35.8 Å². The SMILES string of the molecule is N#CCCCCNCC(C1CC1)C1CC1. The van der Waals surface area contributed by atoms with Crippen LogP contribution in [-0.2, 0) is 0 Å². The lowest BCUT2D eigenvalue weighted by Crippen LogP contribution is -2.26. The number of hydrogen-bond acceptors (Lipinski definition) is 2. The summed E-state index contributed by atoms with van der Waals surface area (Å²) in [7, 11) is 0. The summed E-state index contributed by atoms with van der Waals surface area (Å²) in [6.45, 7) is 2.35. The molecule has 84 valence electrons. The first-order chi connectivity index (χ1) is 7.42. The zero-order chi connectivity index (χ0) is 10.5. The second-order valence-electron chi connectivity index (χ2n) is 5.16. The average molecular weight is 206 g/mol. The maximum Gasteiger partial charge on any atom is 0.0621 e. The highest BCUT2D eigenvalue weighted by Gasteiger charge is 2.40.